The molecule has 0 amide bonds. The fraction of sp³-hybridized carbons (Fsp3) is 0.0870. The van der Waals surface area contributed by atoms with E-state index in [9.17, 15) is 9.18 Å². The van der Waals surface area contributed by atoms with Crippen molar-refractivity contribution in [1.82, 2.24) is 0 Å². The van der Waals surface area contributed by atoms with E-state index >= 15 is 0 Å². The van der Waals surface area contributed by atoms with Gasteiger partial charge in [0.05, 0.1) is 5.39 Å². The molecule has 0 saturated heterocycles. The van der Waals surface area contributed by atoms with E-state index in [1.807, 2.05) is 30.3 Å². The third-order valence-electron chi connectivity index (χ3n) is 4.28. The minimum absolute atomic E-state index is 0.0277. The van der Waals surface area contributed by atoms with E-state index in [0.29, 0.717) is 23.3 Å². The van der Waals surface area contributed by atoms with Gasteiger partial charge in [-0.2, -0.15) is 0 Å². The molecular weight excluding hydrogens is 359 g/mol. The minimum atomic E-state index is -0.550. The summed E-state index contributed by atoms with van der Waals surface area (Å²) in [6.45, 7) is 2.01. The Morgan fingerprint density at radius 3 is 2.50 bits per heavy atom. The van der Waals surface area contributed by atoms with Gasteiger partial charge in [0.1, 0.15) is 23.7 Å². The van der Waals surface area contributed by atoms with E-state index in [2.05, 4.69) is 0 Å². The second-order valence-electron chi connectivity index (χ2n) is 6.28. The average Bonchev–Trinajstić information content (AvgIpc) is 2.71. The van der Waals surface area contributed by atoms with Crippen molar-refractivity contribution in [3.63, 3.8) is 0 Å². The second-order valence-corrected chi connectivity index (χ2v) is 6.28. The monoisotopic (exact) mass is 376 g/mol. The lowest BCUT2D eigenvalue weighted by Gasteiger charge is -2.11. The molecule has 28 heavy (non-hydrogen) atoms. The molecule has 0 radical (unpaired) electrons. The first-order chi connectivity index (χ1) is 13.6. The Bertz CT molecular complexity index is 1180. The summed E-state index contributed by atoms with van der Waals surface area (Å²) >= 11 is 0. The zero-order chi connectivity index (χ0) is 19.5. The number of halogens is 1. The van der Waals surface area contributed by atoms with Crippen LogP contribution in [0.15, 0.2) is 82.0 Å². The molecule has 0 atom stereocenters. The molecule has 0 bridgehead atoms. The van der Waals surface area contributed by atoms with E-state index in [1.54, 1.807) is 37.3 Å². The molecule has 0 fully saturated rings. The SMILES string of the molecule is Cc1oc2cc(OCc3ccccc3)ccc2c(=O)c1Oc1ccccc1F. The Balaban J connectivity index is 1.64. The van der Waals surface area contributed by atoms with Crippen LogP contribution in [0.1, 0.15) is 11.3 Å². The van der Waals surface area contributed by atoms with Gasteiger partial charge in [-0.15, -0.1) is 0 Å². The predicted octanol–water partition coefficient (Wildman–Crippen LogP) is 5.61. The van der Waals surface area contributed by atoms with Gasteiger partial charge in [0.2, 0.25) is 11.2 Å². The van der Waals surface area contributed by atoms with Crippen molar-refractivity contribution in [3.8, 4) is 17.2 Å². The van der Waals surface area contributed by atoms with Crippen molar-refractivity contribution in [2.75, 3.05) is 0 Å². The summed E-state index contributed by atoms with van der Waals surface area (Å²) in [5, 5.41) is 0.337. The van der Waals surface area contributed by atoms with Crippen molar-refractivity contribution in [2.24, 2.45) is 0 Å². The number of hydrogen-bond donors (Lipinski definition) is 0. The lowest BCUT2D eigenvalue weighted by atomic mass is 10.2. The maximum absolute atomic E-state index is 13.9. The quantitative estimate of drug-likeness (QED) is 0.454. The molecule has 0 aliphatic carbocycles. The highest BCUT2D eigenvalue weighted by atomic mass is 19.1. The largest absolute Gasteiger partial charge is 0.489 e. The normalized spacial score (nSPS) is 10.8. The first-order valence-corrected chi connectivity index (χ1v) is 8.78. The molecule has 0 N–H and O–H groups in total. The van der Waals surface area contributed by atoms with Crippen LogP contribution in [0.25, 0.3) is 11.0 Å². The minimum Gasteiger partial charge on any atom is -0.489 e. The summed E-state index contributed by atoms with van der Waals surface area (Å²) in [5.74, 6) is 0.240. The fourth-order valence-electron chi connectivity index (χ4n) is 2.85. The number of hydrogen-bond acceptors (Lipinski definition) is 4. The molecule has 0 unspecified atom stereocenters. The summed E-state index contributed by atoms with van der Waals surface area (Å²) in [5.41, 5.74) is 1.06. The average molecular weight is 376 g/mol. The number of para-hydroxylation sites is 1. The van der Waals surface area contributed by atoms with Gasteiger partial charge < -0.3 is 13.9 Å². The molecule has 0 saturated carbocycles. The van der Waals surface area contributed by atoms with Crippen molar-refractivity contribution in [1.29, 1.82) is 0 Å². The van der Waals surface area contributed by atoms with Gasteiger partial charge in [-0.05, 0) is 36.8 Å². The van der Waals surface area contributed by atoms with Crippen LogP contribution in [0.3, 0.4) is 0 Å². The molecule has 0 aliphatic heterocycles. The molecule has 5 heteroatoms. The molecule has 0 aliphatic rings. The summed E-state index contributed by atoms with van der Waals surface area (Å²) in [6.07, 6.45) is 0. The Morgan fingerprint density at radius 1 is 0.964 bits per heavy atom. The van der Waals surface area contributed by atoms with E-state index in [0.717, 1.165) is 5.56 Å². The van der Waals surface area contributed by atoms with Gasteiger partial charge in [-0.25, -0.2) is 4.39 Å². The van der Waals surface area contributed by atoms with E-state index < -0.39 is 5.82 Å². The van der Waals surface area contributed by atoms with E-state index in [4.69, 9.17) is 13.9 Å². The third kappa shape index (κ3) is 3.60. The maximum Gasteiger partial charge on any atom is 0.235 e. The van der Waals surface area contributed by atoms with E-state index in [1.165, 1.54) is 12.1 Å². The lowest BCUT2D eigenvalue weighted by Crippen LogP contribution is -2.08. The van der Waals surface area contributed by atoms with Crippen LogP contribution >= 0.6 is 0 Å². The molecule has 3 aromatic carbocycles. The van der Waals surface area contributed by atoms with Gasteiger partial charge in [0.25, 0.3) is 0 Å². The van der Waals surface area contributed by atoms with Crippen LogP contribution in [0.2, 0.25) is 0 Å². The van der Waals surface area contributed by atoms with Crippen LogP contribution in [0.5, 0.6) is 17.2 Å². The smallest absolute Gasteiger partial charge is 0.235 e. The summed E-state index contributed by atoms with van der Waals surface area (Å²) < 4.78 is 30.9. The molecule has 1 heterocycles. The van der Waals surface area contributed by atoms with Gasteiger partial charge in [-0.1, -0.05) is 42.5 Å². The highest BCUT2D eigenvalue weighted by Gasteiger charge is 2.16. The summed E-state index contributed by atoms with van der Waals surface area (Å²) in [7, 11) is 0. The Hall–Kier alpha value is -3.60. The van der Waals surface area contributed by atoms with Gasteiger partial charge >= 0.3 is 0 Å². The zero-order valence-electron chi connectivity index (χ0n) is 15.1. The third-order valence-corrected chi connectivity index (χ3v) is 4.28. The van der Waals surface area contributed by atoms with Crippen LogP contribution in [-0.2, 0) is 6.61 Å². The standard InChI is InChI=1S/C23H17FO4/c1-15-23(28-20-10-6-5-9-19(20)24)22(25)18-12-11-17(13-21(18)27-15)26-14-16-7-3-2-4-8-16/h2-13H,14H2,1H3. The maximum atomic E-state index is 13.9. The van der Waals surface area contributed by atoms with Crippen molar-refractivity contribution in [3.05, 3.63) is 100 Å². The van der Waals surface area contributed by atoms with Gasteiger partial charge in [-0.3, -0.25) is 4.79 Å². The van der Waals surface area contributed by atoms with E-state index in [-0.39, 0.29) is 22.7 Å². The number of ether oxygens (including phenoxy) is 2. The van der Waals surface area contributed by atoms with Crippen LogP contribution in [0.4, 0.5) is 4.39 Å². The van der Waals surface area contributed by atoms with Crippen LogP contribution in [0, 0.1) is 12.7 Å². The zero-order valence-corrected chi connectivity index (χ0v) is 15.1. The Kier molecular flexibility index (Phi) is 4.81. The number of aryl methyl sites for hydroxylation is 1. The molecule has 4 rings (SSSR count). The molecule has 4 nitrogen and oxygen atoms in total. The van der Waals surface area contributed by atoms with Crippen molar-refractivity contribution < 1.29 is 18.3 Å². The first kappa shape index (κ1) is 17.8. The molecule has 4 aromatic rings. The highest BCUT2D eigenvalue weighted by Crippen LogP contribution is 2.28. The molecule has 1 aromatic heterocycles. The Morgan fingerprint density at radius 2 is 1.71 bits per heavy atom. The van der Waals surface area contributed by atoms with Crippen LogP contribution < -0.4 is 14.9 Å². The Labute approximate surface area is 160 Å². The highest BCUT2D eigenvalue weighted by molar-refractivity contribution is 5.79. The van der Waals surface area contributed by atoms with Gasteiger partial charge in [0.15, 0.2) is 11.6 Å². The second kappa shape index (κ2) is 7.56. The lowest BCUT2D eigenvalue weighted by molar-refractivity contribution is 0.306. The summed E-state index contributed by atoms with van der Waals surface area (Å²) in [4.78, 5) is 12.8. The molecular formula is C23H17FO4. The number of rotatable bonds is 5. The number of fused-ring (bicyclic) bond motifs is 1. The first-order valence-electron chi connectivity index (χ1n) is 8.78. The van der Waals surface area contributed by atoms with Crippen molar-refractivity contribution >= 4 is 11.0 Å². The fourth-order valence-corrected chi connectivity index (χ4v) is 2.85. The van der Waals surface area contributed by atoms with Gasteiger partial charge in [0, 0.05) is 6.07 Å². The number of benzene rings is 3. The summed E-state index contributed by atoms with van der Waals surface area (Å²) in [6, 6.07) is 20.7. The van der Waals surface area contributed by atoms with Crippen LogP contribution in [-0.4, -0.2) is 0 Å². The topological polar surface area (TPSA) is 48.7 Å². The molecule has 140 valence electrons. The van der Waals surface area contributed by atoms with Crippen molar-refractivity contribution in [2.45, 2.75) is 13.5 Å². The molecule has 0 spiro atoms. The predicted molar refractivity (Wildman–Crippen MR) is 104 cm³/mol.